The molecular weight excluding hydrogens is 222 g/mol. The number of aromatic nitrogens is 1. The highest BCUT2D eigenvalue weighted by molar-refractivity contribution is 6.88. The van der Waals surface area contributed by atoms with Crippen molar-refractivity contribution >= 4 is 29.7 Å². The Bertz CT molecular complexity index is 579. The number of allylic oxidation sites excluding steroid dienone is 1. The van der Waals surface area contributed by atoms with E-state index < -0.39 is 8.07 Å². The number of benzene rings is 1. The van der Waals surface area contributed by atoms with Gasteiger partial charge in [-0.15, -0.1) is 0 Å². The van der Waals surface area contributed by atoms with Crippen LogP contribution in [0.15, 0.2) is 36.9 Å². The highest BCUT2D eigenvalue weighted by Gasteiger charge is 2.16. The largest absolute Gasteiger partial charge is 0.248 e. The van der Waals surface area contributed by atoms with E-state index in [1.54, 1.807) is 0 Å². The molecule has 0 saturated heterocycles. The maximum absolute atomic E-state index is 4.61. The van der Waals surface area contributed by atoms with Crippen LogP contribution in [0.25, 0.3) is 16.5 Å². The molecule has 2 aromatic rings. The number of nitrogens with zero attached hydrogens (tertiary/aromatic N) is 1. The summed E-state index contributed by atoms with van der Waals surface area (Å²) in [6, 6.07) is 10.9. The fraction of sp³-hybridized carbons (Fsp3) is 0.267. The SMILES string of the molecule is C=C(C)c1ccc2cc([Si](C)(C)C)ccc2n1. The molecule has 2 rings (SSSR count). The van der Waals surface area contributed by atoms with Crippen LogP contribution >= 0.6 is 0 Å². The molecule has 0 fully saturated rings. The molecule has 2 heteroatoms. The minimum absolute atomic E-state index is 0.984. The highest BCUT2D eigenvalue weighted by atomic mass is 28.3. The minimum atomic E-state index is -1.23. The van der Waals surface area contributed by atoms with Crippen molar-refractivity contribution in [3.63, 3.8) is 0 Å². The highest BCUT2D eigenvalue weighted by Crippen LogP contribution is 2.16. The van der Waals surface area contributed by atoms with Gasteiger partial charge in [-0.2, -0.15) is 0 Å². The molecule has 0 aliphatic heterocycles. The van der Waals surface area contributed by atoms with Crippen molar-refractivity contribution in [1.82, 2.24) is 4.98 Å². The molecule has 17 heavy (non-hydrogen) atoms. The quantitative estimate of drug-likeness (QED) is 0.729. The summed E-state index contributed by atoms with van der Waals surface area (Å²) in [7, 11) is -1.23. The Morgan fingerprint density at radius 2 is 1.82 bits per heavy atom. The molecule has 0 aliphatic carbocycles. The molecule has 88 valence electrons. The third-order valence-corrected chi connectivity index (χ3v) is 5.04. The average molecular weight is 241 g/mol. The van der Waals surface area contributed by atoms with Gasteiger partial charge in [0.1, 0.15) is 0 Å². The van der Waals surface area contributed by atoms with Gasteiger partial charge >= 0.3 is 0 Å². The van der Waals surface area contributed by atoms with E-state index in [0.717, 1.165) is 16.8 Å². The predicted octanol–water partition coefficient (Wildman–Crippen LogP) is 3.81. The summed E-state index contributed by atoms with van der Waals surface area (Å²) in [5, 5.41) is 2.71. The van der Waals surface area contributed by atoms with E-state index in [2.05, 4.69) is 61.5 Å². The molecule has 0 radical (unpaired) electrons. The van der Waals surface area contributed by atoms with Gasteiger partial charge in [-0.1, -0.05) is 49.6 Å². The van der Waals surface area contributed by atoms with Gasteiger partial charge in [-0.3, -0.25) is 0 Å². The van der Waals surface area contributed by atoms with Gasteiger partial charge in [-0.25, -0.2) is 4.98 Å². The number of fused-ring (bicyclic) bond motifs is 1. The molecule has 1 aromatic heterocycles. The molecule has 0 N–H and O–H groups in total. The predicted molar refractivity (Wildman–Crippen MR) is 79.4 cm³/mol. The van der Waals surface area contributed by atoms with Gasteiger partial charge < -0.3 is 0 Å². The summed E-state index contributed by atoms with van der Waals surface area (Å²) in [5.41, 5.74) is 3.06. The lowest BCUT2D eigenvalue weighted by Gasteiger charge is -2.17. The first-order valence-corrected chi connectivity index (χ1v) is 9.45. The van der Waals surface area contributed by atoms with Crippen LogP contribution in [-0.4, -0.2) is 13.1 Å². The van der Waals surface area contributed by atoms with Gasteiger partial charge in [0, 0.05) is 5.39 Å². The lowest BCUT2D eigenvalue weighted by Crippen LogP contribution is -2.37. The second-order valence-electron chi connectivity index (χ2n) is 5.63. The Hall–Kier alpha value is -1.41. The molecule has 0 spiro atoms. The van der Waals surface area contributed by atoms with Crippen LogP contribution in [0.5, 0.6) is 0 Å². The summed E-state index contributed by atoms with van der Waals surface area (Å²) in [6.45, 7) is 13.0. The van der Waals surface area contributed by atoms with Gasteiger partial charge in [0.15, 0.2) is 0 Å². The fourth-order valence-corrected chi connectivity index (χ4v) is 3.00. The van der Waals surface area contributed by atoms with Crippen LogP contribution in [0.3, 0.4) is 0 Å². The van der Waals surface area contributed by atoms with E-state index >= 15 is 0 Å². The van der Waals surface area contributed by atoms with E-state index in [-0.39, 0.29) is 0 Å². The smallest absolute Gasteiger partial charge is 0.0776 e. The molecule has 0 saturated carbocycles. The molecular formula is C15H19NSi. The van der Waals surface area contributed by atoms with E-state index in [4.69, 9.17) is 0 Å². The summed E-state index contributed by atoms with van der Waals surface area (Å²) in [4.78, 5) is 4.61. The van der Waals surface area contributed by atoms with Crippen LogP contribution in [0.2, 0.25) is 19.6 Å². The maximum atomic E-state index is 4.61. The molecule has 0 aliphatic rings. The molecule has 1 heterocycles. The van der Waals surface area contributed by atoms with Crippen molar-refractivity contribution in [1.29, 1.82) is 0 Å². The van der Waals surface area contributed by atoms with E-state index in [9.17, 15) is 0 Å². The second kappa shape index (κ2) is 4.11. The third kappa shape index (κ3) is 2.47. The standard InChI is InChI=1S/C15H19NSi/c1-11(2)14-8-6-12-10-13(17(3,4)5)7-9-15(12)16-14/h6-10H,1H2,2-5H3. The number of rotatable bonds is 2. The third-order valence-electron chi connectivity index (χ3n) is 2.99. The molecule has 0 bridgehead atoms. The van der Waals surface area contributed by atoms with Crippen molar-refractivity contribution in [2.24, 2.45) is 0 Å². The first-order chi connectivity index (χ1) is 7.88. The molecule has 0 amide bonds. The van der Waals surface area contributed by atoms with E-state index in [1.165, 1.54) is 10.6 Å². The van der Waals surface area contributed by atoms with Crippen molar-refractivity contribution in [2.75, 3.05) is 0 Å². The Labute approximate surface area is 104 Å². The first-order valence-electron chi connectivity index (χ1n) is 5.95. The van der Waals surface area contributed by atoms with Crippen LogP contribution in [0.1, 0.15) is 12.6 Å². The lowest BCUT2D eigenvalue weighted by molar-refractivity contribution is 1.34. The van der Waals surface area contributed by atoms with Crippen LogP contribution in [-0.2, 0) is 0 Å². The zero-order valence-corrected chi connectivity index (χ0v) is 12.0. The van der Waals surface area contributed by atoms with Crippen molar-refractivity contribution in [2.45, 2.75) is 26.6 Å². The molecule has 1 aromatic carbocycles. The Kier molecular flexibility index (Phi) is 2.92. The maximum Gasteiger partial charge on any atom is 0.0776 e. The Balaban J connectivity index is 2.58. The van der Waals surface area contributed by atoms with E-state index in [0.29, 0.717) is 0 Å². The summed E-state index contributed by atoms with van der Waals surface area (Å²) < 4.78 is 0. The monoisotopic (exact) mass is 241 g/mol. The minimum Gasteiger partial charge on any atom is -0.248 e. The number of pyridine rings is 1. The number of hydrogen-bond donors (Lipinski definition) is 0. The zero-order chi connectivity index (χ0) is 12.6. The number of hydrogen-bond acceptors (Lipinski definition) is 1. The van der Waals surface area contributed by atoms with Crippen molar-refractivity contribution in [3.8, 4) is 0 Å². The molecule has 1 nitrogen and oxygen atoms in total. The summed E-state index contributed by atoms with van der Waals surface area (Å²) in [6.07, 6.45) is 0. The Morgan fingerprint density at radius 3 is 2.41 bits per heavy atom. The lowest BCUT2D eigenvalue weighted by atomic mass is 10.1. The molecule has 0 atom stereocenters. The van der Waals surface area contributed by atoms with Crippen LogP contribution < -0.4 is 5.19 Å². The van der Waals surface area contributed by atoms with E-state index in [1.807, 2.05) is 6.92 Å². The second-order valence-corrected chi connectivity index (χ2v) is 10.7. The molecule has 0 unspecified atom stereocenters. The zero-order valence-electron chi connectivity index (χ0n) is 11.0. The van der Waals surface area contributed by atoms with Gasteiger partial charge in [0.25, 0.3) is 0 Å². The van der Waals surface area contributed by atoms with Crippen LogP contribution in [0, 0.1) is 0 Å². The normalized spacial score (nSPS) is 11.8. The van der Waals surface area contributed by atoms with Crippen LogP contribution in [0.4, 0.5) is 0 Å². The van der Waals surface area contributed by atoms with Crippen molar-refractivity contribution < 1.29 is 0 Å². The van der Waals surface area contributed by atoms with Gasteiger partial charge in [0.05, 0.1) is 19.3 Å². The average Bonchev–Trinajstić information content (AvgIpc) is 2.26. The summed E-state index contributed by atoms with van der Waals surface area (Å²) in [5.74, 6) is 0. The fourth-order valence-electron chi connectivity index (χ4n) is 1.83. The van der Waals surface area contributed by atoms with Gasteiger partial charge in [0.2, 0.25) is 0 Å². The first kappa shape index (κ1) is 12.1. The van der Waals surface area contributed by atoms with Crippen molar-refractivity contribution in [3.05, 3.63) is 42.6 Å². The summed E-state index contributed by atoms with van der Waals surface area (Å²) >= 11 is 0. The topological polar surface area (TPSA) is 12.9 Å². The Morgan fingerprint density at radius 1 is 1.12 bits per heavy atom. The van der Waals surface area contributed by atoms with Gasteiger partial charge in [-0.05, 0) is 24.6 Å².